The van der Waals surface area contributed by atoms with Crippen LogP contribution >= 0.6 is 22.7 Å². The summed E-state index contributed by atoms with van der Waals surface area (Å²) in [6.07, 6.45) is 0. The first-order valence-corrected chi connectivity index (χ1v) is 5.54. The van der Waals surface area contributed by atoms with Crippen molar-refractivity contribution in [2.45, 2.75) is 6.54 Å². The molecule has 0 bridgehead atoms. The Bertz CT molecular complexity index is 405. The first-order valence-electron chi connectivity index (χ1n) is 3.78. The molecule has 0 aliphatic heterocycles. The van der Waals surface area contributed by atoms with Crippen molar-refractivity contribution in [3.63, 3.8) is 0 Å². The lowest BCUT2D eigenvalue weighted by Crippen LogP contribution is -1.92. The van der Waals surface area contributed by atoms with Gasteiger partial charge >= 0.3 is 0 Å². The molecular formula is C8H9N3S2. The lowest BCUT2D eigenvalue weighted by molar-refractivity contribution is 1.08. The van der Waals surface area contributed by atoms with Gasteiger partial charge in [-0.05, 0) is 17.0 Å². The number of nitrogens with two attached hydrogens (primary N) is 2. The molecule has 0 saturated carbocycles. The van der Waals surface area contributed by atoms with Crippen molar-refractivity contribution in [1.29, 1.82) is 0 Å². The van der Waals surface area contributed by atoms with Crippen LogP contribution in [0.3, 0.4) is 0 Å². The number of thiophene rings is 1. The minimum absolute atomic E-state index is 0.579. The van der Waals surface area contributed by atoms with E-state index in [4.69, 9.17) is 11.5 Å². The Balaban J connectivity index is 2.35. The second-order valence-corrected chi connectivity index (χ2v) is 4.40. The molecule has 0 unspecified atom stereocenters. The zero-order chi connectivity index (χ0) is 9.26. The van der Waals surface area contributed by atoms with Crippen LogP contribution in [-0.2, 0) is 6.54 Å². The molecule has 2 aromatic rings. The second kappa shape index (κ2) is 3.45. The van der Waals surface area contributed by atoms with Crippen molar-refractivity contribution < 1.29 is 0 Å². The monoisotopic (exact) mass is 211 g/mol. The van der Waals surface area contributed by atoms with E-state index >= 15 is 0 Å². The fraction of sp³-hybridized carbons (Fsp3) is 0.125. The van der Waals surface area contributed by atoms with E-state index in [9.17, 15) is 0 Å². The number of nitrogen functional groups attached to an aromatic ring is 1. The first-order chi connectivity index (χ1) is 6.29. The molecule has 0 aliphatic rings. The molecule has 2 heterocycles. The van der Waals surface area contributed by atoms with Crippen LogP contribution in [0.4, 0.5) is 5.13 Å². The van der Waals surface area contributed by atoms with Gasteiger partial charge in [0.25, 0.3) is 0 Å². The fourth-order valence-corrected chi connectivity index (χ4v) is 2.54. The van der Waals surface area contributed by atoms with E-state index in [2.05, 4.69) is 11.1 Å². The molecule has 0 aliphatic carbocycles. The summed E-state index contributed by atoms with van der Waals surface area (Å²) in [5.41, 5.74) is 13.1. The maximum atomic E-state index is 5.54. The van der Waals surface area contributed by atoms with Crippen molar-refractivity contribution in [2.75, 3.05) is 5.73 Å². The minimum Gasteiger partial charge on any atom is -0.375 e. The largest absolute Gasteiger partial charge is 0.375 e. The molecule has 2 rings (SSSR count). The molecular weight excluding hydrogens is 202 g/mol. The topological polar surface area (TPSA) is 64.9 Å². The summed E-state index contributed by atoms with van der Waals surface area (Å²) >= 11 is 3.11. The molecule has 13 heavy (non-hydrogen) atoms. The Kier molecular flexibility index (Phi) is 2.30. The quantitative estimate of drug-likeness (QED) is 0.797. The smallest absolute Gasteiger partial charge is 0.180 e. The predicted octanol–water partition coefficient (Wildman–Crippen LogP) is 1.91. The van der Waals surface area contributed by atoms with Crippen LogP contribution < -0.4 is 11.5 Å². The summed E-state index contributed by atoms with van der Waals surface area (Å²) in [6, 6.07) is 2.05. The van der Waals surface area contributed by atoms with Crippen molar-refractivity contribution in [3.05, 3.63) is 22.4 Å². The van der Waals surface area contributed by atoms with Gasteiger partial charge in [0.2, 0.25) is 0 Å². The Hall–Kier alpha value is -0.910. The minimum atomic E-state index is 0.579. The number of anilines is 1. The summed E-state index contributed by atoms with van der Waals surface area (Å²) in [7, 11) is 0. The van der Waals surface area contributed by atoms with Gasteiger partial charge in [0, 0.05) is 11.9 Å². The normalized spacial score (nSPS) is 10.5. The van der Waals surface area contributed by atoms with Crippen LogP contribution in [0.25, 0.3) is 10.6 Å². The summed E-state index contributed by atoms with van der Waals surface area (Å²) in [5.74, 6) is 0. The highest BCUT2D eigenvalue weighted by molar-refractivity contribution is 7.15. The summed E-state index contributed by atoms with van der Waals surface area (Å²) in [5, 5.41) is 4.62. The molecule has 0 radical (unpaired) electrons. The van der Waals surface area contributed by atoms with E-state index in [0.717, 1.165) is 16.1 Å². The third-order valence-electron chi connectivity index (χ3n) is 1.66. The Morgan fingerprint density at radius 1 is 1.31 bits per heavy atom. The summed E-state index contributed by atoms with van der Waals surface area (Å²) < 4.78 is 0. The summed E-state index contributed by atoms with van der Waals surface area (Å²) in [6.45, 7) is 0.579. The van der Waals surface area contributed by atoms with Crippen LogP contribution in [0.2, 0.25) is 0 Å². The van der Waals surface area contributed by atoms with E-state index < -0.39 is 0 Å². The molecule has 2 aromatic heterocycles. The number of hydrogen-bond acceptors (Lipinski definition) is 5. The maximum absolute atomic E-state index is 5.54. The first kappa shape index (κ1) is 8.68. The molecule has 0 saturated heterocycles. The van der Waals surface area contributed by atoms with Crippen LogP contribution in [0, 0.1) is 0 Å². The molecule has 0 amide bonds. The Morgan fingerprint density at radius 2 is 2.15 bits per heavy atom. The van der Waals surface area contributed by atoms with Crippen LogP contribution in [0.1, 0.15) is 5.56 Å². The Morgan fingerprint density at radius 3 is 2.69 bits per heavy atom. The molecule has 0 fully saturated rings. The molecule has 68 valence electrons. The van der Waals surface area contributed by atoms with Gasteiger partial charge in [-0.25, -0.2) is 4.98 Å². The van der Waals surface area contributed by atoms with Gasteiger partial charge in [-0.2, -0.15) is 0 Å². The molecule has 3 nitrogen and oxygen atoms in total. The molecule has 5 heteroatoms. The van der Waals surface area contributed by atoms with Crippen LogP contribution in [0.15, 0.2) is 16.8 Å². The van der Waals surface area contributed by atoms with Gasteiger partial charge in [-0.3, -0.25) is 0 Å². The zero-order valence-corrected chi connectivity index (χ0v) is 8.49. The molecule has 0 aromatic carbocycles. The van der Waals surface area contributed by atoms with Gasteiger partial charge in [0.15, 0.2) is 5.13 Å². The van der Waals surface area contributed by atoms with Crippen molar-refractivity contribution in [3.8, 4) is 10.6 Å². The maximum Gasteiger partial charge on any atom is 0.180 e. The van der Waals surface area contributed by atoms with Crippen molar-refractivity contribution >= 4 is 27.8 Å². The van der Waals surface area contributed by atoms with E-state index in [0.29, 0.717) is 11.7 Å². The van der Waals surface area contributed by atoms with E-state index in [1.54, 1.807) is 11.3 Å². The average molecular weight is 211 g/mol. The number of aromatic nitrogens is 1. The second-order valence-electron chi connectivity index (χ2n) is 2.59. The van der Waals surface area contributed by atoms with Crippen molar-refractivity contribution in [1.82, 2.24) is 4.98 Å². The number of rotatable bonds is 2. The van der Waals surface area contributed by atoms with E-state index in [-0.39, 0.29) is 0 Å². The number of thiazole rings is 1. The van der Waals surface area contributed by atoms with Crippen LogP contribution in [0.5, 0.6) is 0 Å². The highest BCUT2D eigenvalue weighted by atomic mass is 32.1. The number of hydrogen-bond donors (Lipinski definition) is 2. The van der Waals surface area contributed by atoms with E-state index in [1.165, 1.54) is 11.3 Å². The fourth-order valence-electron chi connectivity index (χ4n) is 1.02. The molecule has 0 atom stereocenters. The van der Waals surface area contributed by atoms with Gasteiger partial charge in [0.1, 0.15) is 0 Å². The van der Waals surface area contributed by atoms with Gasteiger partial charge < -0.3 is 11.5 Å². The highest BCUT2D eigenvalue weighted by Crippen LogP contribution is 2.28. The third kappa shape index (κ3) is 1.72. The van der Waals surface area contributed by atoms with Gasteiger partial charge in [-0.15, -0.1) is 22.7 Å². The third-order valence-corrected chi connectivity index (χ3v) is 3.34. The standard InChI is InChI=1S/C8H9N3S2/c9-2-5-1-7(12-3-5)6-4-13-8(10)11-6/h1,3-4H,2,9H2,(H2,10,11). The lowest BCUT2D eigenvalue weighted by Gasteiger charge is -1.87. The average Bonchev–Trinajstić information content (AvgIpc) is 2.71. The summed E-state index contributed by atoms with van der Waals surface area (Å²) in [4.78, 5) is 5.33. The van der Waals surface area contributed by atoms with Gasteiger partial charge in [0.05, 0.1) is 10.6 Å². The lowest BCUT2D eigenvalue weighted by atomic mass is 10.3. The number of nitrogens with zero attached hydrogens (tertiary/aromatic N) is 1. The SMILES string of the molecule is NCc1csc(-c2csc(N)n2)c1. The van der Waals surface area contributed by atoms with Gasteiger partial charge in [-0.1, -0.05) is 0 Å². The molecule has 0 spiro atoms. The highest BCUT2D eigenvalue weighted by Gasteiger charge is 2.04. The molecule has 4 N–H and O–H groups in total. The van der Waals surface area contributed by atoms with Crippen LogP contribution in [-0.4, -0.2) is 4.98 Å². The Labute approximate surface area is 84.0 Å². The predicted molar refractivity (Wildman–Crippen MR) is 57.7 cm³/mol. The zero-order valence-electron chi connectivity index (χ0n) is 6.86. The van der Waals surface area contributed by atoms with Crippen molar-refractivity contribution in [2.24, 2.45) is 5.73 Å². The van der Waals surface area contributed by atoms with E-state index in [1.807, 2.05) is 10.8 Å².